The summed E-state index contributed by atoms with van der Waals surface area (Å²) in [5, 5.41) is 12.2. The first-order chi connectivity index (χ1) is 9.62. The van der Waals surface area contributed by atoms with Crippen LogP contribution in [0.25, 0.3) is 0 Å². The van der Waals surface area contributed by atoms with E-state index in [9.17, 15) is 5.21 Å². The molecule has 0 saturated carbocycles. The van der Waals surface area contributed by atoms with E-state index in [4.69, 9.17) is 4.43 Å². The van der Waals surface area contributed by atoms with Crippen molar-refractivity contribution < 1.29 is 9.16 Å². The molecule has 0 aromatic heterocycles. The van der Waals surface area contributed by atoms with Crippen molar-refractivity contribution in [3.8, 4) is 0 Å². The lowest BCUT2D eigenvalue weighted by atomic mass is 10.2. The van der Waals surface area contributed by atoms with Crippen LogP contribution in [-0.4, -0.2) is 25.9 Å². The summed E-state index contributed by atoms with van der Waals surface area (Å²) < 4.78 is 7.16. The van der Waals surface area contributed by atoms with E-state index in [0.29, 0.717) is 13.2 Å². The van der Waals surface area contributed by atoms with E-state index in [-0.39, 0.29) is 11.0 Å². The topological polar surface area (TPSA) is 35.3 Å². The molecule has 0 fully saturated rings. The minimum Gasteiger partial charge on any atom is -0.624 e. The van der Waals surface area contributed by atoms with Crippen molar-refractivity contribution in [2.45, 2.75) is 52.4 Å². The standard InChI is InChI=1S/C17H29NO2Si/c1-15(14-20-21(5,6)17(2,3)4)12-18(19)13-16-10-8-7-9-11-16/h7-12,15H,13-14H2,1-6H3/b18-12-. The summed E-state index contributed by atoms with van der Waals surface area (Å²) in [5.74, 6) is 0.125. The molecule has 4 heteroatoms. The molecule has 0 aliphatic carbocycles. The largest absolute Gasteiger partial charge is 0.624 e. The third-order valence-electron chi connectivity index (χ3n) is 4.12. The predicted octanol–water partition coefficient (Wildman–Crippen LogP) is 4.43. The molecule has 0 aliphatic rings. The third-order valence-corrected chi connectivity index (χ3v) is 8.62. The van der Waals surface area contributed by atoms with E-state index in [1.807, 2.05) is 37.3 Å². The maximum atomic E-state index is 12.0. The van der Waals surface area contributed by atoms with Gasteiger partial charge in [0.15, 0.2) is 21.1 Å². The highest BCUT2D eigenvalue weighted by Gasteiger charge is 2.37. The van der Waals surface area contributed by atoms with Gasteiger partial charge in [0.1, 0.15) is 0 Å². The fraction of sp³-hybridized carbons (Fsp3) is 0.588. The van der Waals surface area contributed by atoms with Crippen molar-refractivity contribution in [1.82, 2.24) is 0 Å². The van der Waals surface area contributed by atoms with Gasteiger partial charge < -0.3 is 9.63 Å². The van der Waals surface area contributed by atoms with Gasteiger partial charge in [-0.3, -0.25) is 0 Å². The lowest BCUT2D eigenvalue weighted by Gasteiger charge is -2.36. The zero-order valence-electron chi connectivity index (χ0n) is 14.2. The van der Waals surface area contributed by atoms with Crippen molar-refractivity contribution in [1.29, 1.82) is 0 Å². The smallest absolute Gasteiger partial charge is 0.192 e. The molecule has 0 aliphatic heterocycles. The molecule has 0 N–H and O–H groups in total. The van der Waals surface area contributed by atoms with Gasteiger partial charge in [-0.2, -0.15) is 0 Å². The molecule has 0 bridgehead atoms. The lowest BCUT2D eigenvalue weighted by molar-refractivity contribution is -0.472. The number of hydrogen-bond acceptors (Lipinski definition) is 2. The fourth-order valence-electron chi connectivity index (χ4n) is 1.70. The minimum absolute atomic E-state index is 0.125. The normalized spacial score (nSPS) is 15.0. The van der Waals surface area contributed by atoms with Crippen molar-refractivity contribution >= 4 is 14.5 Å². The second-order valence-corrected chi connectivity index (χ2v) is 12.1. The molecule has 0 radical (unpaired) electrons. The molecule has 21 heavy (non-hydrogen) atoms. The highest BCUT2D eigenvalue weighted by Crippen LogP contribution is 2.36. The maximum Gasteiger partial charge on any atom is 0.192 e. The highest BCUT2D eigenvalue weighted by atomic mass is 28.4. The predicted molar refractivity (Wildman–Crippen MR) is 92.2 cm³/mol. The van der Waals surface area contributed by atoms with Crippen LogP contribution in [-0.2, 0) is 11.0 Å². The highest BCUT2D eigenvalue weighted by molar-refractivity contribution is 6.74. The van der Waals surface area contributed by atoms with Crippen LogP contribution in [0.5, 0.6) is 0 Å². The van der Waals surface area contributed by atoms with Crippen molar-refractivity contribution in [3.63, 3.8) is 0 Å². The Morgan fingerprint density at radius 1 is 1.24 bits per heavy atom. The van der Waals surface area contributed by atoms with E-state index < -0.39 is 8.32 Å². The third kappa shape index (κ3) is 6.02. The molecule has 0 heterocycles. The summed E-state index contributed by atoms with van der Waals surface area (Å²) in [7, 11) is -1.73. The number of benzene rings is 1. The van der Waals surface area contributed by atoms with Crippen molar-refractivity contribution in [2.75, 3.05) is 6.61 Å². The summed E-state index contributed by atoms with van der Waals surface area (Å²) in [6.07, 6.45) is 1.72. The Kier molecular flexibility index (Phi) is 6.17. The minimum atomic E-state index is -1.73. The molecule has 0 spiro atoms. The van der Waals surface area contributed by atoms with Gasteiger partial charge in [0, 0.05) is 12.2 Å². The zero-order valence-corrected chi connectivity index (χ0v) is 15.2. The van der Waals surface area contributed by atoms with E-state index in [1.165, 1.54) is 0 Å². The average Bonchev–Trinajstić information content (AvgIpc) is 2.36. The summed E-state index contributed by atoms with van der Waals surface area (Å²) in [6, 6.07) is 9.80. The van der Waals surface area contributed by atoms with Gasteiger partial charge >= 0.3 is 0 Å². The zero-order chi connectivity index (χ0) is 16.1. The molecular weight excluding hydrogens is 278 g/mol. The Bertz CT molecular complexity index is 463. The first-order valence-corrected chi connectivity index (χ1v) is 10.5. The molecule has 1 aromatic rings. The number of nitrogens with zero attached hydrogens (tertiary/aromatic N) is 1. The van der Waals surface area contributed by atoms with Crippen LogP contribution >= 0.6 is 0 Å². The number of hydrogen-bond donors (Lipinski definition) is 0. The van der Waals surface area contributed by atoms with Gasteiger partial charge in [-0.05, 0) is 18.1 Å². The first kappa shape index (κ1) is 17.9. The molecule has 118 valence electrons. The van der Waals surface area contributed by atoms with Gasteiger partial charge in [0.2, 0.25) is 0 Å². The molecule has 1 atom stereocenters. The molecule has 1 unspecified atom stereocenters. The van der Waals surface area contributed by atoms with Gasteiger partial charge in [-0.1, -0.05) is 58.0 Å². The van der Waals surface area contributed by atoms with Gasteiger partial charge in [0.05, 0.1) is 5.92 Å². The Hall–Kier alpha value is -1.13. The quantitative estimate of drug-likeness (QED) is 0.256. The van der Waals surface area contributed by atoms with Crippen LogP contribution in [0, 0.1) is 11.1 Å². The number of hydroxylamine groups is 1. The molecule has 3 nitrogen and oxygen atoms in total. The maximum absolute atomic E-state index is 12.0. The van der Waals surface area contributed by atoms with Crippen LogP contribution in [0.15, 0.2) is 30.3 Å². The van der Waals surface area contributed by atoms with Crippen molar-refractivity contribution in [2.24, 2.45) is 5.92 Å². The molecular formula is C17H29NO2Si. The van der Waals surface area contributed by atoms with E-state index >= 15 is 0 Å². The summed E-state index contributed by atoms with van der Waals surface area (Å²) in [4.78, 5) is 0. The van der Waals surface area contributed by atoms with Crippen LogP contribution in [0.2, 0.25) is 18.1 Å². The van der Waals surface area contributed by atoms with Gasteiger partial charge in [-0.15, -0.1) is 0 Å². The van der Waals surface area contributed by atoms with Crippen LogP contribution in [0.4, 0.5) is 0 Å². The SMILES string of the molecule is CC(/C=[N+](\[O-])Cc1ccccc1)CO[Si](C)(C)C(C)(C)C. The Morgan fingerprint density at radius 2 is 1.81 bits per heavy atom. The number of rotatable bonds is 6. The van der Waals surface area contributed by atoms with E-state index in [2.05, 4.69) is 33.9 Å². The summed E-state index contributed by atoms with van der Waals surface area (Å²) in [6.45, 7) is 14.2. The summed E-state index contributed by atoms with van der Waals surface area (Å²) in [5.41, 5.74) is 1.03. The van der Waals surface area contributed by atoms with E-state index in [1.54, 1.807) is 6.21 Å². The summed E-state index contributed by atoms with van der Waals surface area (Å²) >= 11 is 0. The Morgan fingerprint density at radius 3 is 2.33 bits per heavy atom. The van der Waals surface area contributed by atoms with Crippen LogP contribution < -0.4 is 0 Å². The fourth-order valence-corrected chi connectivity index (χ4v) is 2.81. The van der Waals surface area contributed by atoms with E-state index in [0.717, 1.165) is 10.3 Å². The lowest BCUT2D eigenvalue weighted by Crippen LogP contribution is -2.42. The second-order valence-electron chi connectivity index (χ2n) is 7.26. The van der Waals surface area contributed by atoms with Crippen molar-refractivity contribution in [3.05, 3.63) is 41.1 Å². The Balaban J connectivity index is 2.53. The van der Waals surface area contributed by atoms with Gasteiger partial charge in [-0.25, -0.2) is 4.74 Å². The van der Waals surface area contributed by atoms with Crippen LogP contribution in [0.3, 0.4) is 0 Å². The monoisotopic (exact) mass is 307 g/mol. The molecule has 1 rings (SSSR count). The Labute approximate surface area is 130 Å². The molecule has 1 aromatic carbocycles. The molecule has 0 saturated heterocycles. The molecule has 0 amide bonds. The first-order valence-electron chi connectivity index (χ1n) is 7.58. The van der Waals surface area contributed by atoms with Gasteiger partial charge in [0.25, 0.3) is 0 Å². The average molecular weight is 308 g/mol. The second kappa shape index (κ2) is 7.23. The van der Waals surface area contributed by atoms with Crippen LogP contribution in [0.1, 0.15) is 33.3 Å².